The predicted octanol–water partition coefficient (Wildman–Crippen LogP) is 5.44. The number of carboxylic acid groups (broad SMARTS) is 1. The molecule has 128 valence electrons. The Morgan fingerprint density at radius 1 is 1.20 bits per heavy atom. The van der Waals surface area contributed by atoms with Crippen LogP contribution in [0.15, 0.2) is 46.6 Å². The van der Waals surface area contributed by atoms with Gasteiger partial charge < -0.3 is 14.8 Å². The SMILES string of the molecule is CCn1c(O)c(N=Nc2cc(C(=O)O)ccc2Cl)c2cc(C)ccc21. The summed E-state index contributed by atoms with van der Waals surface area (Å²) in [4.78, 5) is 11.1. The van der Waals surface area contributed by atoms with E-state index in [1.807, 2.05) is 32.0 Å². The highest BCUT2D eigenvalue weighted by molar-refractivity contribution is 6.33. The van der Waals surface area contributed by atoms with Crippen LogP contribution < -0.4 is 0 Å². The monoisotopic (exact) mass is 357 g/mol. The van der Waals surface area contributed by atoms with Crippen molar-refractivity contribution in [3.8, 4) is 5.88 Å². The minimum atomic E-state index is -1.07. The fourth-order valence-electron chi connectivity index (χ4n) is 2.68. The van der Waals surface area contributed by atoms with Gasteiger partial charge in [-0.1, -0.05) is 23.2 Å². The molecule has 1 aromatic heterocycles. The van der Waals surface area contributed by atoms with Gasteiger partial charge in [0, 0.05) is 11.9 Å². The number of hydrogen-bond donors (Lipinski definition) is 2. The van der Waals surface area contributed by atoms with Crippen LogP contribution in [0.3, 0.4) is 0 Å². The number of nitrogens with zero attached hydrogens (tertiary/aromatic N) is 3. The number of hydrogen-bond acceptors (Lipinski definition) is 4. The van der Waals surface area contributed by atoms with E-state index in [0.29, 0.717) is 12.2 Å². The van der Waals surface area contributed by atoms with Crippen molar-refractivity contribution in [3.63, 3.8) is 0 Å². The Kier molecular flexibility index (Phi) is 4.46. The van der Waals surface area contributed by atoms with Gasteiger partial charge in [0.25, 0.3) is 0 Å². The summed E-state index contributed by atoms with van der Waals surface area (Å²) < 4.78 is 1.73. The topological polar surface area (TPSA) is 87.2 Å². The van der Waals surface area contributed by atoms with Crippen molar-refractivity contribution in [1.29, 1.82) is 0 Å². The average molecular weight is 358 g/mol. The Bertz CT molecular complexity index is 1010. The van der Waals surface area contributed by atoms with E-state index >= 15 is 0 Å². The van der Waals surface area contributed by atoms with Crippen molar-refractivity contribution in [2.45, 2.75) is 20.4 Å². The number of carbonyl (C=O) groups is 1. The molecule has 0 aliphatic rings. The van der Waals surface area contributed by atoms with Crippen LogP contribution in [-0.2, 0) is 6.54 Å². The van der Waals surface area contributed by atoms with Gasteiger partial charge in [-0.05, 0) is 44.2 Å². The van der Waals surface area contributed by atoms with E-state index in [4.69, 9.17) is 16.7 Å². The van der Waals surface area contributed by atoms with E-state index in [-0.39, 0.29) is 22.2 Å². The number of aromatic hydroxyl groups is 1. The van der Waals surface area contributed by atoms with Gasteiger partial charge in [0.05, 0.1) is 16.1 Å². The molecule has 25 heavy (non-hydrogen) atoms. The first-order chi connectivity index (χ1) is 11.9. The van der Waals surface area contributed by atoms with Crippen molar-refractivity contribution >= 4 is 39.8 Å². The Morgan fingerprint density at radius 2 is 1.96 bits per heavy atom. The average Bonchev–Trinajstić information content (AvgIpc) is 2.84. The predicted molar refractivity (Wildman–Crippen MR) is 96.6 cm³/mol. The molecule has 0 saturated carbocycles. The molecule has 6 nitrogen and oxygen atoms in total. The van der Waals surface area contributed by atoms with Gasteiger partial charge in [0.2, 0.25) is 5.88 Å². The van der Waals surface area contributed by atoms with Crippen molar-refractivity contribution in [3.05, 3.63) is 52.5 Å². The highest BCUT2D eigenvalue weighted by Gasteiger charge is 2.16. The van der Waals surface area contributed by atoms with Crippen molar-refractivity contribution in [2.75, 3.05) is 0 Å². The summed E-state index contributed by atoms with van der Waals surface area (Å²) in [5.74, 6) is -1.06. The summed E-state index contributed by atoms with van der Waals surface area (Å²) in [6.45, 7) is 4.46. The van der Waals surface area contributed by atoms with E-state index in [0.717, 1.165) is 16.5 Å². The van der Waals surface area contributed by atoms with Crippen LogP contribution in [0.5, 0.6) is 5.88 Å². The summed E-state index contributed by atoms with van der Waals surface area (Å²) >= 11 is 6.07. The second-order valence-corrected chi connectivity index (χ2v) is 6.02. The van der Waals surface area contributed by atoms with Crippen LogP contribution in [0.4, 0.5) is 11.4 Å². The van der Waals surface area contributed by atoms with Crippen LogP contribution in [-0.4, -0.2) is 20.7 Å². The molecule has 2 N–H and O–H groups in total. The molecule has 0 fully saturated rings. The van der Waals surface area contributed by atoms with Gasteiger partial charge in [-0.3, -0.25) is 0 Å². The zero-order chi connectivity index (χ0) is 18.1. The third-order valence-corrected chi connectivity index (χ3v) is 4.25. The van der Waals surface area contributed by atoms with Gasteiger partial charge in [0.15, 0.2) is 5.69 Å². The lowest BCUT2D eigenvalue weighted by Gasteiger charge is -2.01. The Labute approximate surface area is 149 Å². The molecule has 0 aliphatic heterocycles. The fourth-order valence-corrected chi connectivity index (χ4v) is 2.84. The number of carboxylic acids is 1. The molecule has 0 aliphatic carbocycles. The Balaban J connectivity index is 2.14. The van der Waals surface area contributed by atoms with Crippen molar-refractivity contribution < 1.29 is 15.0 Å². The van der Waals surface area contributed by atoms with E-state index in [1.54, 1.807) is 4.57 Å². The van der Waals surface area contributed by atoms with Gasteiger partial charge >= 0.3 is 5.97 Å². The highest BCUT2D eigenvalue weighted by Crippen LogP contribution is 2.40. The lowest BCUT2D eigenvalue weighted by atomic mass is 10.1. The molecular formula is C18H16ClN3O3. The first-order valence-corrected chi connectivity index (χ1v) is 8.06. The normalized spacial score (nSPS) is 11.5. The lowest BCUT2D eigenvalue weighted by Crippen LogP contribution is -1.94. The van der Waals surface area contributed by atoms with E-state index < -0.39 is 5.97 Å². The van der Waals surface area contributed by atoms with Gasteiger partial charge in [-0.15, -0.1) is 10.2 Å². The molecule has 0 unspecified atom stereocenters. The van der Waals surface area contributed by atoms with Crippen LogP contribution >= 0.6 is 11.6 Å². The maximum Gasteiger partial charge on any atom is 0.335 e. The van der Waals surface area contributed by atoms with Crippen molar-refractivity contribution in [2.24, 2.45) is 10.2 Å². The van der Waals surface area contributed by atoms with Gasteiger partial charge in [-0.25, -0.2) is 4.79 Å². The number of aryl methyl sites for hydroxylation is 2. The van der Waals surface area contributed by atoms with Crippen LogP contribution in [0.25, 0.3) is 10.9 Å². The number of aromatic nitrogens is 1. The minimum Gasteiger partial charge on any atom is -0.493 e. The molecule has 7 heteroatoms. The number of halogens is 1. The lowest BCUT2D eigenvalue weighted by molar-refractivity contribution is 0.0697. The molecule has 0 spiro atoms. The highest BCUT2D eigenvalue weighted by atomic mass is 35.5. The summed E-state index contributed by atoms with van der Waals surface area (Å²) in [6.07, 6.45) is 0. The van der Waals surface area contributed by atoms with E-state index in [2.05, 4.69) is 10.2 Å². The number of aromatic carboxylic acids is 1. The van der Waals surface area contributed by atoms with E-state index in [9.17, 15) is 9.90 Å². The van der Waals surface area contributed by atoms with Crippen LogP contribution in [0, 0.1) is 6.92 Å². The largest absolute Gasteiger partial charge is 0.493 e. The second-order valence-electron chi connectivity index (χ2n) is 5.61. The zero-order valence-corrected chi connectivity index (χ0v) is 14.4. The fraction of sp³-hybridized carbons (Fsp3) is 0.167. The zero-order valence-electron chi connectivity index (χ0n) is 13.7. The first kappa shape index (κ1) is 17.0. The molecule has 3 aromatic rings. The molecule has 0 amide bonds. The summed E-state index contributed by atoms with van der Waals surface area (Å²) in [5, 5.41) is 28.8. The minimum absolute atomic E-state index is 0.0114. The van der Waals surface area contributed by atoms with Crippen LogP contribution in [0.2, 0.25) is 5.02 Å². The number of rotatable bonds is 4. The first-order valence-electron chi connectivity index (χ1n) is 7.68. The van der Waals surface area contributed by atoms with Gasteiger partial charge in [-0.2, -0.15) is 0 Å². The summed E-state index contributed by atoms with van der Waals surface area (Å²) in [6, 6.07) is 10.00. The van der Waals surface area contributed by atoms with Crippen molar-refractivity contribution in [1.82, 2.24) is 4.57 Å². The maximum atomic E-state index is 11.1. The van der Waals surface area contributed by atoms with Gasteiger partial charge in [0.1, 0.15) is 5.69 Å². The maximum absolute atomic E-state index is 11.1. The van der Waals surface area contributed by atoms with E-state index in [1.165, 1.54) is 18.2 Å². The molecule has 3 rings (SSSR count). The third-order valence-electron chi connectivity index (χ3n) is 3.93. The molecule has 1 heterocycles. The molecule has 0 bridgehead atoms. The molecule has 0 atom stereocenters. The molecular weight excluding hydrogens is 342 g/mol. The quantitative estimate of drug-likeness (QED) is 0.609. The summed E-state index contributed by atoms with van der Waals surface area (Å²) in [5.41, 5.74) is 2.51. The number of fused-ring (bicyclic) bond motifs is 1. The second kappa shape index (κ2) is 6.57. The molecule has 2 aromatic carbocycles. The number of benzene rings is 2. The third kappa shape index (κ3) is 3.08. The standard InChI is InChI=1S/C18H16ClN3O3/c1-3-22-15-7-4-10(2)8-12(15)16(17(22)23)21-20-14-9-11(18(24)25)5-6-13(14)19/h4-9,23H,3H2,1-2H3,(H,24,25). The molecule has 0 saturated heterocycles. The Morgan fingerprint density at radius 3 is 2.64 bits per heavy atom. The number of azo groups is 1. The smallest absolute Gasteiger partial charge is 0.335 e. The van der Waals surface area contributed by atoms with Crippen LogP contribution in [0.1, 0.15) is 22.8 Å². The summed E-state index contributed by atoms with van der Waals surface area (Å²) in [7, 11) is 0. The molecule has 0 radical (unpaired) electrons. The Hall–Kier alpha value is -2.86.